The normalized spacial score (nSPS) is 16.7. The van der Waals surface area contributed by atoms with Gasteiger partial charge in [-0.05, 0) is 68.6 Å². The van der Waals surface area contributed by atoms with E-state index in [1.54, 1.807) is 25.3 Å². The quantitative estimate of drug-likeness (QED) is 0.618. The number of para-hydroxylation sites is 1. The lowest BCUT2D eigenvalue weighted by Crippen LogP contribution is -2.45. The number of carbonyl (C=O) groups is 1. The molecule has 1 amide bonds. The lowest BCUT2D eigenvalue weighted by molar-refractivity contribution is -0.121. The van der Waals surface area contributed by atoms with E-state index in [2.05, 4.69) is 45.7 Å². The summed E-state index contributed by atoms with van der Waals surface area (Å²) in [6.07, 6.45) is 4.23. The van der Waals surface area contributed by atoms with Crippen LogP contribution in [0.3, 0.4) is 0 Å². The zero-order valence-electron chi connectivity index (χ0n) is 16.7. The third-order valence-electron chi connectivity index (χ3n) is 5.94. The van der Waals surface area contributed by atoms with Crippen molar-refractivity contribution in [2.45, 2.75) is 31.7 Å². The van der Waals surface area contributed by atoms with E-state index in [1.807, 2.05) is 6.92 Å². The Kier molecular flexibility index (Phi) is 5.79. The van der Waals surface area contributed by atoms with Crippen LogP contribution in [0.5, 0.6) is 5.75 Å². The number of nitrogens with one attached hydrogen (secondary N) is 2. The van der Waals surface area contributed by atoms with Gasteiger partial charge in [0.2, 0.25) is 5.91 Å². The van der Waals surface area contributed by atoms with Crippen molar-refractivity contribution in [2.75, 3.05) is 25.5 Å². The largest absolute Gasteiger partial charge is 0.495 e. The summed E-state index contributed by atoms with van der Waals surface area (Å²) in [5.41, 5.74) is 3.18. The van der Waals surface area contributed by atoms with Crippen LogP contribution in [0.4, 0.5) is 5.69 Å². The summed E-state index contributed by atoms with van der Waals surface area (Å²) in [5, 5.41) is 4.84. The SMILES string of the molecule is COc1ccc(Cl)cc1NC(=O)[C@@H](C)N1CCC(c2c[nH]c3ccccc23)CC1. The van der Waals surface area contributed by atoms with Gasteiger partial charge in [0.05, 0.1) is 18.8 Å². The Bertz CT molecular complexity index is 1010. The molecule has 152 valence electrons. The third kappa shape index (κ3) is 4.11. The van der Waals surface area contributed by atoms with Gasteiger partial charge in [0, 0.05) is 22.1 Å². The number of anilines is 1. The van der Waals surface area contributed by atoms with Crippen molar-refractivity contribution >= 4 is 34.1 Å². The Hall–Kier alpha value is -2.50. The first-order chi connectivity index (χ1) is 14.1. The average molecular weight is 412 g/mol. The number of aromatic nitrogens is 1. The Balaban J connectivity index is 1.39. The summed E-state index contributed by atoms with van der Waals surface area (Å²) < 4.78 is 5.33. The van der Waals surface area contributed by atoms with E-state index in [9.17, 15) is 4.79 Å². The van der Waals surface area contributed by atoms with Gasteiger partial charge in [0.15, 0.2) is 0 Å². The van der Waals surface area contributed by atoms with E-state index in [-0.39, 0.29) is 11.9 Å². The molecule has 0 aliphatic carbocycles. The number of carbonyl (C=O) groups excluding carboxylic acids is 1. The summed E-state index contributed by atoms with van der Waals surface area (Å²) in [4.78, 5) is 18.4. The second-order valence-electron chi connectivity index (χ2n) is 7.61. The number of H-pyrrole nitrogens is 1. The number of rotatable bonds is 5. The van der Waals surface area contributed by atoms with Crippen molar-refractivity contribution in [1.82, 2.24) is 9.88 Å². The van der Waals surface area contributed by atoms with E-state index < -0.39 is 0 Å². The summed E-state index contributed by atoms with van der Waals surface area (Å²) in [7, 11) is 1.58. The monoisotopic (exact) mass is 411 g/mol. The zero-order chi connectivity index (χ0) is 20.4. The van der Waals surface area contributed by atoms with Crippen LogP contribution in [0.1, 0.15) is 31.2 Å². The van der Waals surface area contributed by atoms with Crippen LogP contribution in [-0.4, -0.2) is 42.0 Å². The van der Waals surface area contributed by atoms with Crippen molar-refractivity contribution in [3.05, 3.63) is 59.2 Å². The lowest BCUT2D eigenvalue weighted by Gasteiger charge is -2.35. The van der Waals surface area contributed by atoms with Crippen LogP contribution < -0.4 is 10.1 Å². The minimum absolute atomic E-state index is 0.0453. The maximum atomic E-state index is 12.8. The maximum Gasteiger partial charge on any atom is 0.241 e. The zero-order valence-corrected chi connectivity index (χ0v) is 17.5. The Labute approximate surface area is 176 Å². The van der Waals surface area contributed by atoms with Gasteiger partial charge < -0.3 is 15.0 Å². The van der Waals surface area contributed by atoms with Crippen LogP contribution in [0.25, 0.3) is 10.9 Å². The molecule has 1 saturated heterocycles. The first-order valence-corrected chi connectivity index (χ1v) is 10.4. The van der Waals surface area contributed by atoms with Crippen LogP contribution in [0.2, 0.25) is 5.02 Å². The van der Waals surface area contributed by atoms with E-state index in [4.69, 9.17) is 16.3 Å². The molecule has 1 aromatic heterocycles. The van der Waals surface area contributed by atoms with E-state index in [0.29, 0.717) is 22.4 Å². The van der Waals surface area contributed by atoms with Gasteiger partial charge in [0.25, 0.3) is 0 Å². The van der Waals surface area contributed by atoms with Gasteiger partial charge >= 0.3 is 0 Å². The standard InChI is InChI=1S/C23H26ClN3O2/c1-15(23(28)26-21-13-17(24)7-8-22(21)29-2)27-11-9-16(10-12-27)19-14-25-20-6-4-3-5-18(19)20/h3-8,13-16,25H,9-12H2,1-2H3,(H,26,28)/t15-/m1/s1. The number of halogens is 1. The molecular weight excluding hydrogens is 386 g/mol. The van der Waals surface area contributed by atoms with E-state index in [0.717, 1.165) is 25.9 Å². The summed E-state index contributed by atoms with van der Waals surface area (Å²) in [6, 6.07) is 13.4. The van der Waals surface area contributed by atoms with Crippen LogP contribution >= 0.6 is 11.6 Å². The molecule has 2 N–H and O–H groups in total. The van der Waals surface area contributed by atoms with Gasteiger partial charge in [-0.3, -0.25) is 9.69 Å². The second kappa shape index (κ2) is 8.47. The van der Waals surface area contributed by atoms with Crippen molar-refractivity contribution in [3.8, 4) is 5.75 Å². The number of methoxy groups -OCH3 is 1. The summed E-state index contributed by atoms with van der Waals surface area (Å²) in [6.45, 7) is 3.75. The number of ether oxygens (including phenoxy) is 1. The molecule has 2 aromatic carbocycles. The van der Waals surface area contributed by atoms with Crippen molar-refractivity contribution < 1.29 is 9.53 Å². The van der Waals surface area contributed by atoms with Crippen LogP contribution in [0, 0.1) is 0 Å². The molecule has 1 fully saturated rings. The number of amides is 1. The smallest absolute Gasteiger partial charge is 0.241 e. The third-order valence-corrected chi connectivity index (χ3v) is 6.17. The Morgan fingerprint density at radius 3 is 2.76 bits per heavy atom. The van der Waals surface area contributed by atoms with Crippen LogP contribution in [0.15, 0.2) is 48.7 Å². The molecule has 0 saturated carbocycles. The van der Waals surface area contributed by atoms with Gasteiger partial charge in [0.1, 0.15) is 5.75 Å². The number of nitrogens with zero attached hydrogens (tertiary/aromatic N) is 1. The highest BCUT2D eigenvalue weighted by molar-refractivity contribution is 6.31. The van der Waals surface area contributed by atoms with E-state index >= 15 is 0 Å². The average Bonchev–Trinajstić information content (AvgIpc) is 3.17. The van der Waals surface area contributed by atoms with E-state index in [1.165, 1.54) is 16.5 Å². The first-order valence-electron chi connectivity index (χ1n) is 10.0. The molecule has 0 bridgehead atoms. The molecule has 0 spiro atoms. The number of hydrogen-bond acceptors (Lipinski definition) is 3. The van der Waals surface area contributed by atoms with Gasteiger partial charge in [-0.25, -0.2) is 0 Å². The predicted molar refractivity (Wildman–Crippen MR) is 118 cm³/mol. The minimum atomic E-state index is -0.220. The number of piperidine rings is 1. The van der Waals surface area contributed by atoms with Gasteiger partial charge in [-0.1, -0.05) is 29.8 Å². The molecule has 2 heterocycles. The predicted octanol–water partition coefficient (Wildman–Crippen LogP) is 5.04. The second-order valence-corrected chi connectivity index (χ2v) is 8.05. The number of fused-ring (bicyclic) bond motifs is 1. The highest BCUT2D eigenvalue weighted by Gasteiger charge is 2.28. The number of benzene rings is 2. The molecular formula is C23H26ClN3O2. The molecule has 29 heavy (non-hydrogen) atoms. The topological polar surface area (TPSA) is 57.4 Å². The van der Waals surface area contributed by atoms with Gasteiger partial charge in [-0.2, -0.15) is 0 Å². The summed E-state index contributed by atoms with van der Waals surface area (Å²) in [5.74, 6) is 1.08. The summed E-state index contributed by atoms with van der Waals surface area (Å²) >= 11 is 6.07. The Morgan fingerprint density at radius 2 is 2.00 bits per heavy atom. The molecule has 4 rings (SSSR count). The van der Waals surface area contributed by atoms with Gasteiger partial charge in [-0.15, -0.1) is 0 Å². The maximum absolute atomic E-state index is 12.8. The minimum Gasteiger partial charge on any atom is -0.495 e. The highest BCUT2D eigenvalue weighted by Crippen LogP contribution is 2.34. The fourth-order valence-electron chi connectivity index (χ4n) is 4.21. The molecule has 1 aliphatic rings. The lowest BCUT2D eigenvalue weighted by atomic mass is 9.88. The highest BCUT2D eigenvalue weighted by atomic mass is 35.5. The molecule has 3 aromatic rings. The molecule has 5 nitrogen and oxygen atoms in total. The van der Waals surface area contributed by atoms with Crippen molar-refractivity contribution in [2.24, 2.45) is 0 Å². The first kappa shape index (κ1) is 19.8. The molecule has 0 radical (unpaired) electrons. The molecule has 6 heteroatoms. The molecule has 0 unspecified atom stereocenters. The van der Waals surface area contributed by atoms with Crippen LogP contribution in [-0.2, 0) is 4.79 Å². The molecule has 1 aliphatic heterocycles. The number of hydrogen-bond donors (Lipinski definition) is 2. The van der Waals surface area contributed by atoms with Crippen molar-refractivity contribution in [1.29, 1.82) is 0 Å². The number of likely N-dealkylation sites (tertiary alicyclic amines) is 1. The number of aromatic amines is 1. The Morgan fingerprint density at radius 1 is 1.24 bits per heavy atom. The fraction of sp³-hybridized carbons (Fsp3) is 0.348. The fourth-order valence-corrected chi connectivity index (χ4v) is 4.38. The molecule has 1 atom stereocenters. The van der Waals surface area contributed by atoms with Crippen molar-refractivity contribution in [3.63, 3.8) is 0 Å².